The van der Waals surface area contributed by atoms with E-state index in [1.54, 1.807) is 29.9 Å². The number of hydrogen-bond acceptors (Lipinski definition) is 5. The first-order valence-electron chi connectivity index (χ1n) is 7.98. The van der Waals surface area contributed by atoms with Crippen molar-refractivity contribution in [3.8, 4) is 0 Å². The molecular weight excluding hydrogens is 308 g/mol. The van der Waals surface area contributed by atoms with Gasteiger partial charge in [-0.3, -0.25) is 9.48 Å². The van der Waals surface area contributed by atoms with Crippen LogP contribution in [0.2, 0.25) is 0 Å². The van der Waals surface area contributed by atoms with Gasteiger partial charge in [-0.15, -0.1) is 0 Å². The van der Waals surface area contributed by atoms with E-state index < -0.39 is 0 Å². The highest BCUT2D eigenvalue weighted by Gasteiger charge is 2.19. The van der Waals surface area contributed by atoms with Gasteiger partial charge in [-0.05, 0) is 31.9 Å². The quantitative estimate of drug-likeness (QED) is 0.788. The fourth-order valence-electron chi connectivity index (χ4n) is 2.99. The van der Waals surface area contributed by atoms with E-state index in [1.165, 1.54) is 4.63 Å². The van der Waals surface area contributed by atoms with Gasteiger partial charge >= 0.3 is 0 Å². The van der Waals surface area contributed by atoms with Crippen molar-refractivity contribution < 1.29 is 9.53 Å². The number of hydrogen-bond donors (Lipinski definition) is 1. The number of ether oxygens (including phenoxy) is 1. The second kappa shape index (κ2) is 6.04. The number of rotatable bonds is 4. The summed E-state index contributed by atoms with van der Waals surface area (Å²) in [5.74, 6) is 0.276. The number of aromatic nitrogens is 5. The van der Waals surface area contributed by atoms with Gasteiger partial charge in [0.2, 0.25) is 0 Å². The Labute approximate surface area is 138 Å². The van der Waals surface area contributed by atoms with E-state index in [-0.39, 0.29) is 12.0 Å². The molecule has 1 aliphatic rings. The van der Waals surface area contributed by atoms with E-state index in [2.05, 4.69) is 20.6 Å². The SMILES string of the molecule is Cc1nn2ncccc2c1C(=O)Nc1ccn(CC2CCCO2)n1. The van der Waals surface area contributed by atoms with Crippen molar-refractivity contribution in [2.75, 3.05) is 11.9 Å². The molecule has 1 amide bonds. The monoisotopic (exact) mass is 326 g/mol. The molecular formula is C16H18N6O2. The number of carbonyl (C=O) groups is 1. The molecule has 3 aromatic heterocycles. The summed E-state index contributed by atoms with van der Waals surface area (Å²) in [6, 6.07) is 5.38. The Bertz CT molecular complexity index is 878. The highest BCUT2D eigenvalue weighted by Crippen LogP contribution is 2.17. The van der Waals surface area contributed by atoms with Crippen LogP contribution < -0.4 is 5.32 Å². The van der Waals surface area contributed by atoms with Gasteiger partial charge in [0.15, 0.2) is 5.82 Å². The summed E-state index contributed by atoms with van der Waals surface area (Å²) in [5.41, 5.74) is 1.81. The summed E-state index contributed by atoms with van der Waals surface area (Å²) >= 11 is 0. The van der Waals surface area contributed by atoms with E-state index >= 15 is 0 Å². The molecule has 1 atom stereocenters. The van der Waals surface area contributed by atoms with Crippen LogP contribution in [0.3, 0.4) is 0 Å². The molecule has 0 bridgehead atoms. The van der Waals surface area contributed by atoms with E-state index in [0.29, 0.717) is 29.1 Å². The molecule has 1 N–H and O–H groups in total. The number of nitrogens with one attached hydrogen (secondary N) is 1. The molecule has 1 aliphatic heterocycles. The van der Waals surface area contributed by atoms with E-state index in [9.17, 15) is 4.79 Å². The van der Waals surface area contributed by atoms with Gasteiger partial charge in [0.25, 0.3) is 5.91 Å². The van der Waals surface area contributed by atoms with Crippen molar-refractivity contribution in [3.63, 3.8) is 0 Å². The zero-order valence-corrected chi connectivity index (χ0v) is 13.3. The fourth-order valence-corrected chi connectivity index (χ4v) is 2.99. The summed E-state index contributed by atoms with van der Waals surface area (Å²) in [5, 5.41) is 15.6. The van der Waals surface area contributed by atoms with Crippen LogP contribution in [-0.4, -0.2) is 43.2 Å². The number of carbonyl (C=O) groups excluding carboxylic acids is 1. The zero-order chi connectivity index (χ0) is 16.5. The van der Waals surface area contributed by atoms with Crippen molar-refractivity contribution in [1.29, 1.82) is 0 Å². The van der Waals surface area contributed by atoms with E-state index in [4.69, 9.17) is 4.74 Å². The van der Waals surface area contributed by atoms with Gasteiger partial charge in [-0.2, -0.15) is 19.9 Å². The maximum Gasteiger partial charge on any atom is 0.261 e. The maximum absolute atomic E-state index is 12.6. The first-order valence-corrected chi connectivity index (χ1v) is 7.98. The van der Waals surface area contributed by atoms with Crippen LogP contribution in [0.5, 0.6) is 0 Å². The van der Waals surface area contributed by atoms with Crippen LogP contribution in [0.1, 0.15) is 28.9 Å². The van der Waals surface area contributed by atoms with E-state index in [1.807, 2.05) is 12.3 Å². The second-order valence-electron chi connectivity index (χ2n) is 5.87. The Morgan fingerprint density at radius 1 is 1.42 bits per heavy atom. The van der Waals surface area contributed by atoms with Gasteiger partial charge in [-0.1, -0.05) is 0 Å². The third kappa shape index (κ3) is 2.76. The molecule has 1 unspecified atom stereocenters. The smallest absolute Gasteiger partial charge is 0.261 e. The standard InChI is InChI=1S/C16H18N6O2/c1-11-15(13-5-2-7-17-22(13)19-11)16(23)18-14-6-8-21(20-14)10-12-4-3-9-24-12/h2,5-8,12H,3-4,9-10H2,1H3,(H,18,20,23). The normalized spacial score (nSPS) is 17.5. The highest BCUT2D eigenvalue weighted by molar-refractivity contribution is 6.09. The van der Waals surface area contributed by atoms with Crippen LogP contribution in [0.4, 0.5) is 5.82 Å². The molecule has 124 valence electrons. The molecule has 4 rings (SSSR count). The predicted molar refractivity (Wildman–Crippen MR) is 86.9 cm³/mol. The minimum absolute atomic E-state index is 0.210. The van der Waals surface area contributed by atoms with Crippen molar-refractivity contribution >= 4 is 17.2 Å². The molecule has 4 heterocycles. The van der Waals surface area contributed by atoms with Crippen molar-refractivity contribution in [1.82, 2.24) is 24.6 Å². The lowest BCUT2D eigenvalue weighted by atomic mass is 10.2. The number of anilines is 1. The van der Waals surface area contributed by atoms with Gasteiger partial charge in [0.1, 0.15) is 5.52 Å². The lowest BCUT2D eigenvalue weighted by molar-refractivity contribution is 0.0940. The summed E-state index contributed by atoms with van der Waals surface area (Å²) in [4.78, 5) is 12.6. The van der Waals surface area contributed by atoms with Gasteiger partial charge < -0.3 is 10.1 Å². The van der Waals surface area contributed by atoms with Crippen LogP contribution in [0.25, 0.3) is 5.52 Å². The Morgan fingerprint density at radius 2 is 2.33 bits per heavy atom. The molecule has 8 heteroatoms. The number of aryl methyl sites for hydroxylation is 1. The largest absolute Gasteiger partial charge is 0.376 e. The van der Waals surface area contributed by atoms with Crippen LogP contribution >= 0.6 is 0 Å². The van der Waals surface area contributed by atoms with Crippen LogP contribution in [0, 0.1) is 6.92 Å². The van der Waals surface area contributed by atoms with Crippen molar-refractivity contribution in [2.24, 2.45) is 0 Å². The Morgan fingerprint density at radius 3 is 3.17 bits per heavy atom. The highest BCUT2D eigenvalue weighted by atomic mass is 16.5. The Balaban J connectivity index is 1.51. The maximum atomic E-state index is 12.6. The average molecular weight is 326 g/mol. The third-order valence-electron chi connectivity index (χ3n) is 4.12. The minimum Gasteiger partial charge on any atom is -0.376 e. The molecule has 0 spiro atoms. The lowest BCUT2D eigenvalue weighted by Crippen LogP contribution is -2.17. The lowest BCUT2D eigenvalue weighted by Gasteiger charge is -2.08. The van der Waals surface area contributed by atoms with Crippen LogP contribution in [-0.2, 0) is 11.3 Å². The van der Waals surface area contributed by atoms with Crippen molar-refractivity contribution in [2.45, 2.75) is 32.4 Å². The summed E-state index contributed by atoms with van der Waals surface area (Å²) < 4.78 is 8.86. The number of amides is 1. The number of fused-ring (bicyclic) bond motifs is 1. The molecule has 0 aromatic carbocycles. The molecule has 3 aromatic rings. The first-order chi connectivity index (χ1) is 11.7. The van der Waals surface area contributed by atoms with E-state index in [0.717, 1.165) is 19.4 Å². The molecule has 8 nitrogen and oxygen atoms in total. The second-order valence-corrected chi connectivity index (χ2v) is 5.87. The summed E-state index contributed by atoms with van der Waals surface area (Å²) in [6.07, 6.45) is 5.84. The zero-order valence-electron chi connectivity index (χ0n) is 13.3. The molecule has 24 heavy (non-hydrogen) atoms. The minimum atomic E-state index is -0.238. The Hall–Kier alpha value is -2.74. The molecule has 0 saturated carbocycles. The molecule has 0 aliphatic carbocycles. The number of nitrogens with zero attached hydrogens (tertiary/aromatic N) is 5. The van der Waals surface area contributed by atoms with Gasteiger partial charge in [0, 0.05) is 25.1 Å². The molecule has 1 fully saturated rings. The summed E-state index contributed by atoms with van der Waals surface area (Å²) in [7, 11) is 0. The fraction of sp³-hybridized carbons (Fsp3) is 0.375. The summed E-state index contributed by atoms with van der Waals surface area (Å²) in [6.45, 7) is 3.31. The van der Waals surface area contributed by atoms with Gasteiger partial charge in [0.05, 0.1) is 23.9 Å². The predicted octanol–water partition coefficient (Wildman–Crippen LogP) is 1.67. The third-order valence-corrected chi connectivity index (χ3v) is 4.12. The first kappa shape index (κ1) is 14.8. The van der Waals surface area contributed by atoms with Gasteiger partial charge in [-0.25, -0.2) is 0 Å². The topological polar surface area (TPSA) is 86.3 Å². The Kier molecular flexibility index (Phi) is 3.73. The van der Waals surface area contributed by atoms with Crippen LogP contribution in [0.15, 0.2) is 30.6 Å². The molecule has 0 radical (unpaired) electrons. The average Bonchev–Trinajstić information content (AvgIpc) is 3.27. The molecule has 1 saturated heterocycles. The van der Waals surface area contributed by atoms with Crippen molar-refractivity contribution in [3.05, 3.63) is 41.9 Å².